The molecule has 0 amide bonds. The summed E-state index contributed by atoms with van der Waals surface area (Å²) in [5.41, 5.74) is 2.58. The number of nitrogens with one attached hydrogen (secondary N) is 1. The maximum absolute atomic E-state index is 11.6. The molecule has 0 bridgehead atoms. The van der Waals surface area contributed by atoms with Crippen LogP contribution >= 0.6 is 0 Å². The summed E-state index contributed by atoms with van der Waals surface area (Å²) in [5, 5.41) is 0. The highest BCUT2D eigenvalue weighted by Gasteiger charge is 2.26. The van der Waals surface area contributed by atoms with E-state index >= 15 is 0 Å². The average Bonchev–Trinajstić information content (AvgIpc) is 3.12. The van der Waals surface area contributed by atoms with E-state index in [-0.39, 0.29) is 5.56 Å². The molecule has 0 radical (unpaired) electrons. The normalized spacial score (nSPS) is 14.9. The lowest BCUT2D eigenvalue weighted by atomic mass is 10.2. The maximum Gasteiger partial charge on any atom is 0.251 e. The highest BCUT2D eigenvalue weighted by atomic mass is 16.1. The fraction of sp³-hybridized carbons (Fsp3) is 0.308. The molecule has 0 atom stereocenters. The van der Waals surface area contributed by atoms with Crippen molar-refractivity contribution < 1.29 is 0 Å². The molecule has 4 heteroatoms. The van der Waals surface area contributed by atoms with Crippen molar-refractivity contribution in [2.45, 2.75) is 25.7 Å². The van der Waals surface area contributed by atoms with Crippen LogP contribution in [0.2, 0.25) is 0 Å². The van der Waals surface area contributed by atoms with Crippen LogP contribution in [-0.2, 0) is 0 Å². The quantitative estimate of drug-likeness (QED) is 0.853. The number of H-pyrrole nitrogens is 1. The number of pyridine rings is 1. The first-order valence-corrected chi connectivity index (χ1v) is 5.77. The van der Waals surface area contributed by atoms with E-state index in [2.05, 4.69) is 15.0 Å². The predicted octanol–water partition coefficient (Wildman–Crippen LogP) is 2.02. The van der Waals surface area contributed by atoms with Crippen LogP contribution in [-0.4, -0.2) is 15.0 Å². The van der Waals surface area contributed by atoms with Crippen molar-refractivity contribution in [1.82, 2.24) is 15.0 Å². The van der Waals surface area contributed by atoms with Gasteiger partial charge in [-0.3, -0.25) is 9.78 Å². The predicted molar refractivity (Wildman–Crippen MR) is 64.8 cm³/mol. The lowest BCUT2D eigenvalue weighted by Crippen LogP contribution is -2.10. The van der Waals surface area contributed by atoms with Crippen molar-refractivity contribution in [3.05, 3.63) is 46.0 Å². The molecule has 1 fully saturated rings. The Balaban J connectivity index is 2.14. The van der Waals surface area contributed by atoms with E-state index in [0.717, 1.165) is 29.8 Å². The molecule has 2 heterocycles. The highest BCUT2D eigenvalue weighted by molar-refractivity contribution is 5.53. The van der Waals surface area contributed by atoms with Gasteiger partial charge in [-0.2, -0.15) is 0 Å². The number of nitrogens with zero attached hydrogens (tertiary/aromatic N) is 2. The summed E-state index contributed by atoms with van der Waals surface area (Å²) >= 11 is 0. The number of aromatic amines is 1. The molecule has 0 unspecified atom stereocenters. The van der Waals surface area contributed by atoms with Crippen molar-refractivity contribution in [2.24, 2.45) is 0 Å². The van der Waals surface area contributed by atoms with E-state index in [0.29, 0.717) is 11.7 Å². The van der Waals surface area contributed by atoms with Crippen LogP contribution in [0.5, 0.6) is 0 Å². The topological polar surface area (TPSA) is 58.6 Å². The third kappa shape index (κ3) is 1.98. The molecule has 2 aromatic heterocycles. The second-order valence-electron chi connectivity index (χ2n) is 4.46. The third-order valence-corrected chi connectivity index (χ3v) is 2.99. The van der Waals surface area contributed by atoms with Crippen molar-refractivity contribution in [3.63, 3.8) is 0 Å². The van der Waals surface area contributed by atoms with Crippen LogP contribution < -0.4 is 5.56 Å². The van der Waals surface area contributed by atoms with Gasteiger partial charge < -0.3 is 4.98 Å². The third-order valence-electron chi connectivity index (χ3n) is 2.99. The standard InChI is InChI=1S/C13H13N3O/c1-8-3-2-6-14-12(8)13-15-10(9-4-5-9)7-11(17)16-13/h2-3,6-7,9H,4-5H2,1H3,(H,15,16,17). The molecule has 1 aliphatic rings. The Labute approximate surface area is 98.8 Å². The van der Waals surface area contributed by atoms with Crippen LogP contribution in [0.1, 0.15) is 30.0 Å². The average molecular weight is 227 g/mol. The first-order chi connectivity index (χ1) is 8.24. The second-order valence-corrected chi connectivity index (χ2v) is 4.46. The lowest BCUT2D eigenvalue weighted by Gasteiger charge is -2.05. The van der Waals surface area contributed by atoms with Gasteiger partial charge in [0.25, 0.3) is 5.56 Å². The van der Waals surface area contributed by atoms with E-state index in [4.69, 9.17) is 0 Å². The zero-order chi connectivity index (χ0) is 11.8. The molecule has 0 saturated heterocycles. The van der Waals surface area contributed by atoms with Crippen LogP contribution in [0.4, 0.5) is 0 Å². The van der Waals surface area contributed by atoms with Crippen LogP contribution in [0.3, 0.4) is 0 Å². The summed E-state index contributed by atoms with van der Waals surface area (Å²) in [6, 6.07) is 5.44. The maximum atomic E-state index is 11.6. The molecule has 0 spiro atoms. The molecule has 3 rings (SSSR count). The largest absolute Gasteiger partial charge is 0.305 e. The van der Waals surface area contributed by atoms with Gasteiger partial charge >= 0.3 is 0 Å². The van der Waals surface area contributed by atoms with Crippen LogP contribution in [0, 0.1) is 6.92 Å². The second kappa shape index (κ2) is 3.80. The summed E-state index contributed by atoms with van der Waals surface area (Å²) in [6.07, 6.45) is 3.99. The number of hydrogen-bond donors (Lipinski definition) is 1. The molecule has 86 valence electrons. The minimum Gasteiger partial charge on any atom is -0.305 e. The molecule has 4 nitrogen and oxygen atoms in total. The van der Waals surface area contributed by atoms with Gasteiger partial charge in [0.1, 0.15) is 5.69 Å². The van der Waals surface area contributed by atoms with Gasteiger partial charge in [-0.05, 0) is 31.4 Å². The van der Waals surface area contributed by atoms with Gasteiger partial charge in [0.15, 0.2) is 5.82 Å². The van der Waals surface area contributed by atoms with Crippen LogP contribution in [0.25, 0.3) is 11.5 Å². The summed E-state index contributed by atoms with van der Waals surface area (Å²) in [5.74, 6) is 1.05. The fourth-order valence-corrected chi connectivity index (χ4v) is 1.91. The number of rotatable bonds is 2. The lowest BCUT2D eigenvalue weighted by molar-refractivity contribution is 0.968. The minimum absolute atomic E-state index is 0.0954. The molecule has 1 aliphatic carbocycles. The molecule has 2 aromatic rings. The molecule has 1 saturated carbocycles. The summed E-state index contributed by atoms with van der Waals surface area (Å²) in [4.78, 5) is 23.1. The van der Waals surface area contributed by atoms with E-state index in [9.17, 15) is 4.79 Å². The Morgan fingerprint density at radius 1 is 1.41 bits per heavy atom. The summed E-state index contributed by atoms with van der Waals surface area (Å²) < 4.78 is 0. The van der Waals surface area contributed by atoms with Crippen molar-refractivity contribution in [3.8, 4) is 11.5 Å². The van der Waals surface area contributed by atoms with E-state index in [1.165, 1.54) is 0 Å². The Morgan fingerprint density at radius 3 is 2.94 bits per heavy atom. The molecule has 17 heavy (non-hydrogen) atoms. The number of aromatic nitrogens is 3. The van der Waals surface area contributed by atoms with Crippen molar-refractivity contribution in [1.29, 1.82) is 0 Å². The fourth-order valence-electron chi connectivity index (χ4n) is 1.91. The zero-order valence-electron chi connectivity index (χ0n) is 9.60. The van der Waals surface area contributed by atoms with Gasteiger partial charge in [0.2, 0.25) is 0 Å². The van der Waals surface area contributed by atoms with Crippen molar-refractivity contribution >= 4 is 0 Å². The van der Waals surface area contributed by atoms with E-state index < -0.39 is 0 Å². The van der Waals surface area contributed by atoms with Gasteiger partial charge in [-0.15, -0.1) is 0 Å². The minimum atomic E-state index is -0.0954. The Kier molecular flexibility index (Phi) is 2.28. The monoisotopic (exact) mass is 227 g/mol. The zero-order valence-corrected chi connectivity index (χ0v) is 9.60. The van der Waals surface area contributed by atoms with Gasteiger partial charge in [0.05, 0.1) is 5.69 Å². The Bertz CT molecular complexity index is 614. The number of hydrogen-bond acceptors (Lipinski definition) is 3. The van der Waals surface area contributed by atoms with Gasteiger partial charge in [-0.1, -0.05) is 6.07 Å². The molecular formula is C13H13N3O. The van der Waals surface area contributed by atoms with Crippen LogP contribution in [0.15, 0.2) is 29.2 Å². The number of aryl methyl sites for hydroxylation is 1. The first-order valence-electron chi connectivity index (χ1n) is 5.77. The first kappa shape index (κ1) is 10.2. The van der Waals surface area contributed by atoms with E-state index in [1.807, 2.05) is 19.1 Å². The van der Waals surface area contributed by atoms with E-state index in [1.54, 1.807) is 12.3 Å². The highest BCUT2D eigenvalue weighted by Crippen LogP contribution is 2.38. The molecule has 1 N–H and O–H groups in total. The smallest absolute Gasteiger partial charge is 0.251 e. The Hall–Kier alpha value is -1.97. The summed E-state index contributed by atoms with van der Waals surface area (Å²) in [7, 11) is 0. The van der Waals surface area contributed by atoms with Crippen molar-refractivity contribution in [2.75, 3.05) is 0 Å². The SMILES string of the molecule is Cc1cccnc1-c1nc(C2CC2)cc(=O)[nH]1. The molecular weight excluding hydrogens is 214 g/mol. The molecule has 0 aliphatic heterocycles. The Morgan fingerprint density at radius 2 is 2.24 bits per heavy atom. The van der Waals surface area contributed by atoms with Gasteiger partial charge in [-0.25, -0.2) is 4.98 Å². The van der Waals surface area contributed by atoms with Gasteiger partial charge in [0, 0.05) is 18.2 Å². The molecule has 0 aromatic carbocycles. The summed E-state index contributed by atoms with van der Waals surface area (Å²) in [6.45, 7) is 1.96.